The Labute approximate surface area is 94.8 Å². The van der Waals surface area contributed by atoms with Crippen LogP contribution in [0.4, 0.5) is 8.78 Å². The van der Waals surface area contributed by atoms with Crippen LogP contribution in [0.2, 0.25) is 5.15 Å². The molecular weight excluding hydrogens is 244 g/mol. The van der Waals surface area contributed by atoms with E-state index in [4.69, 9.17) is 21.4 Å². The molecule has 0 amide bonds. The maximum absolute atomic E-state index is 12.5. The van der Waals surface area contributed by atoms with Gasteiger partial charge in [0.05, 0.1) is 19.1 Å². The van der Waals surface area contributed by atoms with Crippen molar-refractivity contribution in [3.63, 3.8) is 0 Å². The molecule has 1 rings (SSSR count). The third kappa shape index (κ3) is 2.79. The van der Waals surface area contributed by atoms with Crippen LogP contribution < -0.4 is 4.74 Å². The first kappa shape index (κ1) is 12.6. The lowest BCUT2D eigenvalue weighted by molar-refractivity contribution is -0.136. The lowest BCUT2D eigenvalue weighted by Crippen LogP contribution is -2.05. The Morgan fingerprint density at radius 2 is 2.31 bits per heavy atom. The number of aliphatic carboxylic acids is 1. The molecule has 0 atom stereocenters. The van der Waals surface area contributed by atoms with Crippen molar-refractivity contribution in [1.82, 2.24) is 4.98 Å². The molecule has 0 aromatic carbocycles. The number of aromatic nitrogens is 1. The van der Waals surface area contributed by atoms with E-state index in [2.05, 4.69) is 4.98 Å². The van der Waals surface area contributed by atoms with Gasteiger partial charge in [-0.2, -0.15) is 0 Å². The Kier molecular flexibility index (Phi) is 4.00. The van der Waals surface area contributed by atoms with Crippen molar-refractivity contribution in [2.75, 3.05) is 7.11 Å². The first-order valence-electron chi connectivity index (χ1n) is 4.19. The maximum Gasteiger partial charge on any atom is 0.308 e. The normalized spacial score (nSPS) is 10.6. The highest BCUT2D eigenvalue weighted by molar-refractivity contribution is 6.30. The van der Waals surface area contributed by atoms with Crippen molar-refractivity contribution < 1.29 is 23.4 Å². The Morgan fingerprint density at radius 1 is 1.69 bits per heavy atom. The van der Waals surface area contributed by atoms with Crippen molar-refractivity contribution in [2.24, 2.45) is 0 Å². The minimum atomic E-state index is -2.81. The number of hydrogen-bond acceptors (Lipinski definition) is 3. The molecule has 16 heavy (non-hydrogen) atoms. The number of halogens is 3. The summed E-state index contributed by atoms with van der Waals surface area (Å²) in [6.45, 7) is 0. The van der Waals surface area contributed by atoms with Crippen LogP contribution in [-0.4, -0.2) is 23.2 Å². The Hall–Kier alpha value is -1.43. The second-order valence-corrected chi connectivity index (χ2v) is 3.27. The minimum Gasteiger partial charge on any atom is -0.481 e. The molecule has 0 spiro atoms. The third-order valence-corrected chi connectivity index (χ3v) is 2.12. The molecular formula is C9H8ClF2NO3. The molecule has 0 fully saturated rings. The fourth-order valence-corrected chi connectivity index (χ4v) is 1.37. The van der Waals surface area contributed by atoms with Crippen molar-refractivity contribution in [1.29, 1.82) is 0 Å². The fourth-order valence-electron chi connectivity index (χ4n) is 1.15. The molecule has 88 valence electrons. The van der Waals surface area contributed by atoms with Gasteiger partial charge in [0.15, 0.2) is 0 Å². The molecule has 1 aromatic rings. The second-order valence-electron chi connectivity index (χ2n) is 2.91. The number of nitrogens with zero attached hydrogens (tertiary/aromatic N) is 1. The summed E-state index contributed by atoms with van der Waals surface area (Å²) in [5, 5.41) is 8.19. The predicted octanol–water partition coefficient (Wildman–Crippen LogP) is 2.31. The van der Waals surface area contributed by atoms with Gasteiger partial charge in [-0.25, -0.2) is 13.8 Å². The molecule has 1 aromatic heterocycles. The lowest BCUT2D eigenvalue weighted by Gasteiger charge is -2.09. The van der Waals surface area contributed by atoms with Gasteiger partial charge in [0, 0.05) is 5.56 Å². The summed E-state index contributed by atoms with van der Waals surface area (Å²) in [6, 6.07) is 0.993. The van der Waals surface area contributed by atoms with Crippen LogP contribution in [0.5, 0.6) is 5.88 Å². The highest BCUT2D eigenvalue weighted by atomic mass is 35.5. The van der Waals surface area contributed by atoms with Crippen LogP contribution in [0, 0.1) is 0 Å². The van der Waals surface area contributed by atoms with E-state index >= 15 is 0 Å². The summed E-state index contributed by atoms with van der Waals surface area (Å²) < 4.78 is 29.7. The van der Waals surface area contributed by atoms with Gasteiger partial charge < -0.3 is 9.84 Å². The molecule has 0 aliphatic carbocycles. The van der Waals surface area contributed by atoms with E-state index in [1.54, 1.807) is 0 Å². The first-order chi connectivity index (χ1) is 7.45. The number of pyridine rings is 1. The maximum atomic E-state index is 12.5. The number of carboxylic acids is 1. The highest BCUT2D eigenvalue weighted by Crippen LogP contribution is 2.30. The summed E-state index contributed by atoms with van der Waals surface area (Å²) in [4.78, 5) is 14.1. The van der Waals surface area contributed by atoms with Crippen LogP contribution in [0.15, 0.2) is 6.07 Å². The van der Waals surface area contributed by atoms with E-state index in [0.29, 0.717) is 0 Å². The first-order valence-corrected chi connectivity index (χ1v) is 4.56. The van der Waals surface area contributed by atoms with Crippen LogP contribution in [0.25, 0.3) is 0 Å². The van der Waals surface area contributed by atoms with E-state index in [1.165, 1.54) is 7.11 Å². The number of hydrogen-bond donors (Lipinski definition) is 1. The van der Waals surface area contributed by atoms with Gasteiger partial charge in [0.1, 0.15) is 5.15 Å². The molecule has 0 saturated heterocycles. The zero-order valence-electron chi connectivity index (χ0n) is 8.21. The molecule has 0 radical (unpaired) electrons. The van der Waals surface area contributed by atoms with Crippen LogP contribution in [0.1, 0.15) is 17.6 Å². The van der Waals surface area contributed by atoms with Gasteiger partial charge in [0.25, 0.3) is 6.43 Å². The number of carboxylic acid groups (broad SMARTS) is 1. The number of alkyl halides is 2. The van der Waals surface area contributed by atoms with E-state index in [1.807, 2.05) is 0 Å². The average molecular weight is 252 g/mol. The van der Waals surface area contributed by atoms with Gasteiger partial charge >= 0.3 is 5.97 Å². The van der Waals surface area contributed by atoms with E-state index < -0.39 is 24.4 Å². The second kappa shape index (κ2) is 5.07. The molecule has 0 bridgehead atoms. The van der Waals surface area contributed by atoms with E-state index in [9.17, 15) is 13.6 Å². The quantitative estimate of drug-likeness (QED) is 0.834. The molecule has 7 heteroatoms. The molecule has 0 aliphatic rings. The van der Waals surface area contributed by atoms with Gasteiger partial charge in [0.2, 0.25) is 5.88 Å². The summed E-state index contributed by atoms with van der Waals surface area (Å²) in [6.07, 6.45) is -3.26. The summed E-state index contributed by atoms with van der Waals surface area (Å²) in [5.74, 6) is -1.22. The van der Waals surface area contributed by atoms with E-state index in [-0.39, 0.29) is 16.6 Å². The molecule has 1 N–H and O–H groups in total. The number of rotatable bonds is 4. The Bertz CT molecular complexity index is 412. The van der Waals surface area contributed by atoms with Gasteiger partial charge in [-0.1, -0.05) is 11.6 Å². The van der Waals surface area contributed by atoms with Gasteiger partial charge in [-0.05, 0) is 6.07 Å². The predicted molar refractivity (Wildman–Crippen MR) is 52.1 cm³/mol. The highest BCUT2D eigenvalue weighted by Gasteiger charge is 2.19. The van der Waals surface area contributed by atoms with E-state index in [0.717, 1.165) is 6.07 Å². The molecule has 0 saturated carbocycles. The Balaban J connectivity index is 3.22. The van der Waals surface area contributed by atoms with Crippen molar-refractivity contribution in [3.8, 4) is 5.88 Å². The summed E-state index contributed by atoms with van der Waals surface area (Å²) in [7, 11) is 1.26. The summed E-state index contributed by atoms with van der Waals surface area (Å²) >= 11 is 5.49. The fraction of sp³-hybridized carbons (Fsp3) is 0.333. The van der Waals surface area contributed by atoms with Gasteiger partial charge in [-0.3, -0.25) is 4.79 Å². The molecule has 0 unspecified atom stereocenters. The topological polar surface area (TPSA) is 59.4 Å². The molecule has 0 aliphatic heterocycles. The number of ether oxygens (including phenoxy) is 1. The summed E-state index contributed by atoms with van der Waals surface area (Å²) in [5.41, 5.74) is -0.437. The number of methoxy groups -OCH3 is 1. The molecule has 1 heterocycles. The lowest BCUT2D eigenvalue weighted by atomic mass is 10.1. The SMILES string of the molecule is COc1nc(Cl)c(C(F)F)cc1CC(=O)O. The van der Waals surface area contributed by atoms with Crippen molar-refractivity contribution >= 4 is 17.6 Å². The average Bonchev–Trinajstić information content (AvgIpc) is 2.18. The largest absolute Gasteiger partial charge is 0.481 e. The Morgan fingerprint density at radius 3 is 2.75 bits per heavy atom. The van der Waals surface area contributed by atoms with Gasteiger partial charge in [-0.15, -0.1) is 0 Å². The zero-order valence-corrected chi connectivity index (χ0v) is 8.96. The molecule has 4 nitrogen and oxygen atoms in total. The van der Waals surface area contributed by atoms with Crippen LogP contribution >= 0.6 is 11.6 Å². The standard InChI is InChI=1S/C9H8ClF2NO3/c1-16-9-4(3-6(14)15)2-5(8(11)12)7(10)13-9/h2,8H,3H2,1H3,(H,14,15). The number of carbonyl (C=O) groups is 1. The van der Waals surface area contributed by atoms with Crippen LogP contribution in [-0.2, 0) is 11.2 Å². The van der Waals surface area contributed by atoms with Crippen LogP contribution in [0.3, 0.4) is 0 Å². The smallest absolute Gasteiger partial charge is 0.308 e. The monoisotopic (exact) mass is 251 g/mol. The van der Waals surface area contributed by atoms with Crippen molar-refractivity contribution in [2.45, 2.75) is 12.8 Å². The third-order valence-electron chi connectivity index (χ3n) is 1.81. The van der Waals surface area contributed by atoms with Crippen molar-refractivity contribution in [3.05, 3.63) is 22.3 Å². The minimum absolute atomic E-state index is 0.0585. The zero-order chi connectivity index (χ0) is 12.3.